The molecule has 0 unspecified atom stereocenters. The molecule has 0 saturated carbocycles. The van der Waals surface area contributed by atoms with Crippen LogP contribution in [-0.2, 0) is 12.7 Å². The van der Waals surface area contributed by atoms with E-state index >= 15 is 0 Å². The minimum Gasteiger partial charge on any atom is -0.354 e. The number of tetrazole rings is 1. The van der Waals surface area contributed by atoms with E-state index in [1.807, 2.05) is 20.0 Å². The number of anilines is 1. The van der Waals surface area contributed by atoms with Gasteiger partial charge < -0.3 is 10.6 Å². The number of nitrogens with one attached hydrogen (secondary N) is 2. The van der Waals surface area contributed by atoms with Crippen LogP contribution in [0.4, 0.5) is 18.9 Å². The first-order valence-corrected chi connectivity index (χ1v) is 14.7. The van der Waals surface area contributed by atoms with Crippen molar-refractivity contribution in [2.24, 2.45) is 0 Å². The van der Waals surface area contributed by atoms with Crippen LogP contribution in [-0.4, -0.2) is 43.6 Å². The Labute approximate surface area is 274 Å². The molecule has 0 amide bonds. The van der Waals surface area contributed by atoms with Crippen molar-refractivity contribution in [1.29, 1.82) is 5.26 Å². The second-order valence-corrected chi connectivity index (χ2v) is 11.0. The number of para-hydroxylation sites is 1. The van der Waals surface area contributed by atoms with Crippen LogP contribution < -0.4 is 10.6 Å². The smallest absolute Gasteiger partial charge is 0.354 e. The van der Waals surface area contributed by atoms with Gasteiger partial charge in [0, 0.05) is 17.3 Å². The molecule has 2 N–H and O–H groups in total. The molecular formula is C32H30Cl2F3N9. The summed E-state index contributed by atoms with van der Waals surface area (Å²) in [5.74, 6) is -1.34. The Morgan fingerprint density at radius 2 is 1.93 bits per heavy atom. The second kappa shape index (κ2) is 15.1. The van der Waals surface area contributed by atoms with Crippen LogP contribution in [0.3, 0.4) is 0 Å². The number of aromatic nitrogens is 6. The molecule has 2 aromatic heterocycles. The molecule has 238 valence electrons. The summed E-state index contributed by atoms with van der Waals surface area (Å²) in [6.07, 6.45) is 3.28. The van der Waals surface area contributed by atoms with Crippen molar-refractivity contribution in [2.75, 3.05) is 18.9 Å². The molecule has 5 rings (SSSR count). The van der Waals surface area contributed by atoms with Gasteiger partial charge in [0.2, 0.25) is 0 Å². The normalized spacial score (nSPS) is 12.7. The fraction of sp³-hybridized carbons (Fsp3) is 0.219. The number of allylic oxidation sites excluding steroid dienone is 2. The van der Waals surface area contributed by atoms with Crippen molar-refractivity contribution in [1.82, 2.24) is 35.3 Å². The molecule has 0 spiro atoms. The molecule has 46 heavy (non-hydrogen) atoms. The number of aryl methyl sites for hydroxylation is 1. The van der Waals surface area contributed by atoms with Crippen molar-refractivity contribution >= 4 is 40.7 Å². The van der Waals surface area contributed by atoms with Gasteiger partial charge in [0.05, 0.1) is 39.4 Å². The van der Waals surface area contributed by atoms with Crippen LogP contribution in [0.5, 0.6) is 0 Å². The molecule has 2 aromatic carbocycles. The number of nitriles is 1. The highest BCUT2D eigenvalue weighted by Crippen LogP contribution is 2.30. The van der Waals surface area contributed by atoms with E-state index in [1.54, 1.807) is 48.5 Å². The van der Waals surface area contributed by atoms with Gasteiger partial charge in [-0.3, -0.25) is 0 Å². The number of nitrogens with zero attached hydrogens (tertiary/aromatic N) is 7. The zero-order chi connectivity index (χ0) is 33.4. The van der Waals surface area contributed by atoms with E-state index in [9.17, 15) is 18.4 Å². The van der Waals surface area contributed by atoms with E-state index < -0.39 is 12.0 Å². The lowest BCUT2D eigenvalue weighted by atomic mass is 10.0. The summed E-state index contributed by atoms with van der Waals surface area (Å²) in [7, 11) is 1.94. The van der Waals surface area contributed by atoms with Gasteiger partial charge in [-0.15, -0.1) is 10.2 Å². The third kappa shape index (κ3) is 8.51. The van der Waals surface area contributed by atoms with Crippen molar-refractivity contribution in [3.63, 3.8) is 0 Å². The summed E-state index contributed by atoms with van der Waals surface area (Å²) in [5.41, 5.74) is 5.77. The van der Waals surface area contributed by atoms with E-state index in [1.165, 1.54) is 10.3 Å². The first-order valence-electron chi connectivity index (χ1n) is 14.0. The zero-order valence-electron chi connectivity index (χ0n) is 25.0. The lowest BCUT2D eigenvalue weighted by Crippen LogP contribution is -2.10. The van der Waals surface area contributed by atoms with Gasteiger partial charge in [-0.25, -0.2) is 4.68 Å². The number of halogens is 5. The second-order valence-electron chi connectivity index (χ2n) is 10.1. The topological polar surface area (TPSA) is 109 Å². The maximum absolute atomic E-state index is 12.9. The van der Waals surface area contributed by atoms with Gasteiger partial charge in [0.25, 0.3) is 5.82 Å². The van der Waals surface area contributed by atoms with Crippen LogP contribution in [0.25, 0.3) is 17.5 Å². The molecular weight excluding hydrogens is 638 g/mol. The van der Waals surface area contributed by atoms with Crippen LogP contribution in [0.2, 0.25) is 5.02 Å². The summed E-state index contributed by atoms with van der Waals surface area (Å²) in [4.78, 5) is 0.808. The van der Waals surface area contributed by atoms with Crippen molar-refractivity contribution < 1.29 is 13.2 Å². The SMILES string of the molecule is C=Cc1cc(C#N)cc(C)c1NC(=C)c1cc(Cn2nnc(C(F)(F)F)n2)nn1-c1ccccc1Cl.CNCC1=CCCC(Cl)=C1. The lowest BCUT2D eigenvalue weighted by Gasteiger charge is -2.17. The molecule has 4 aromatic rings. The first-order chi connectivity index (χ1) is 21.9. The van der Waals surface area contributed by atoms with Gasteiger partial charge >= 0.3 is 6.18 Å². The number of hydrogen-bond donors (Lipinski definition) is 2. The number of rotatable bonds is 9. The summed E-state index contributed by atoms with van der Waals surface area (Å²) < 4.78 is 40.1. The summed E-state index contributed by atoms with van der Waals surface area (Å²) in [6, 6.07) is 14.1. The van der Waals surface area contributed by atoms with Crippen LogP contribution in [0, 0.1) is 18.3 Å². The van der Waals surface area contributed by atoms with Crippen LogP contribution in [0.15, 0.2) is 78.4 Å². The van der Waals surface area contributed by atoms with Gasteiger partial charge in [-0.05, 0) is 85.1 Å². The number of likely N-dealkylation sites (N-methyl/N-ethyl adjacent to an activating group) is 1. The Morgan fingerprint density at radius 3 is 2.57 bits per heavy atom. The monoisotopic (exact) mass is 667 g/mol. The largest absolute Gasteiger partial charge is 0.455 e. The van der Waals surface area contributed by atoms with Crippen molar-refractivity contribution in [3.05, 3.63) is 117 Å². The molecule has 14 heteroatoms. The maximum atomic E-state index is 12.9. The van der Waals surface area contributed by atoms with Crippen LogP contribution >= 0.6 is 23.2 Å². The standard InChI is InChI=1S/C24H18ClF3N8.C8H12ClN/c1-4-17-10-16(12-29)9-14(2)22(17)30-15(3)21-11-18(13-35-33-23(31-34-35)24(26,27)28)32-36(21)20-8-6-5-7-19(20)25;1-10-6-7-3-2-4-8(9)5-7/h4-11,30H,1,3,13H2,2H3;3,5,10H,2,4,6H2,1H3. The highest BCUT2D eigenvalue weighted by Gasteiger charge is 2.36. The Bertz CT molecular complexity index is 1850. The molecule has 0 saturated heterocycles. The fourth-order valence-electron chi connectivity index (χ4n) is 4.58. The van der Waals surface area contributed by atoms with E-state index in [0.717, 1.165) is 34.8 Å². The molecule has 9 nitrogen and oxygen atoms in total. The van der Waals surface area contributed by atoms with E-state index in [2.05, 4.69) is 56.4 Å². The predicted octanol–water partition coefficient (Wildman–Crippen LogP) is 7.53. The minimum atomic E-state index is -4.71. The van der Waals surface area contributed by atoms with E-state index in [4.69, 9.17) is 23.2 Å². The average Bonchev–Trinajstić information content (AvgIpc) is 3.67. The van der Waals surface area contributed by atoms with Gasteiger partial charge in [-0.2, -0.15) is 28.3 Å². The number of hydrogen-bond acceptors (Lipinski definition) is 7. The summed E-state index contributed by atoms with van der Waals surface area (Å²) >= 11 is 12.2. The molecule has 0 radical (unpaired) electrons. The molecule has 2 heterocycles. The Morgan fingerprint density at radius 1 is 1.17 bits per heavy atom. The van der Waals surface area contributed by atoms with E-state index in [0.29, 0.717) is 44.6 Å². The average molecular weight is 669 g/mol. The molecule has 0 atom stereocenters. The number of alkyl halides is 3. The molecule has 1 aliphatic carbocycles. The zero-order valence-corrected chi connectivity index (χ0v) is 26.5. The third-order valence-corrected chi connectivity index (χ3v) is 7.28. The molecule has 1 aliphatic rings. The third-order valence-electron chi connectivity index (χ3n) is 6.66. The minimum absolute atomic E-state index is 0.172. The highest BCUT2D eigenvalue weighted by atomic mass is 35.5. The van der Waals surface area contributed by atoms with Gasteiger partial charge in [-0.1, -0.05) is 60.6 Å². The predicted molar refractivity (Wildman–Crippen MR) is 174 cm³/mol. The quantitative estimate of drug-likeness (QED) is 0.190. The Hall–Kier alpha value is -4.70. The Balaban J connectivity index is 0.000000409. The summed E-state index contributed by atoms with van der Waals surface area (Å²) in [6.45, 7) is 10.6. The first kappa shape index (κ1) is 34.2. The molecule has 0 fully saturated rings. The van der Waals surface area contributed by atoms with Gasteiger partial charge in [0.1, 0.15) is 6.54 Å². The maximum Gasteiger partial charge on any atom is 0.455 e. The Kier molecular flexibility index (Phi) is 11.2. The number of benzene rings is 2. The molecule has 0 aliphatic heterocycles. The van der Waals surface area contributed by atoms with E-state index in [-0.39, 0.29) is 6.54 Å². The fourth-order valence-corrected chi connectivity index (χ4v) is 5.04. The lowest BCUT2D eigenvalue weighted by molar-refractivity contribution is -0.145. The van der Waals surface area contributed by atoms with Crippen molar-refractivity contribution in [2.45, 2.75) is 32.5 Å². The van der Waals surface area contributed by atoms with Crippen molar-refractivity contribution in [3.8, 4) is 11.8 Å². The highest BCUT2D eigenvalue weighted by molar-refractivity contribution is 6.32. The molecule has 0 bridgehead atoms. The van der Waals surface area contributed by atoms with Gasteiger partial charge in [0.15, 0.2) is 0 Å². The van der Waals surface area contributed by atoms with Crippen LogP contribution in [0.1, 0.15) is 46.7 Å². The summed E-state index contributed by atoms with van der Waals surface area (Å²) in [5, 5.41) is 31.4.